The molecule has 2 N–H and O–H groups in total. The van der Waals surface area contributed by atoms with Crippen LogP contribution in [0.2, 0.25) is 0 Å². The van der Waals surface area contributed by atoms with Gasteiger partial charge in [-0.2, -0.15) is 0 Å². The van der Waals surface area contributed by atoms with Gasteiger partial charge in [0.25, 0.3) is 0 Å². The summed E-state index contributed by atoms with van der Waals surface area (Å²) in [7, 11) is 0. The van der Waals surface area contributed by atoms with E-state index in [2.05, 4.69) is 28.9 Å². The highest BCUT2D eigenvalue weighted by Gasteiger charge is 2.19. The first-order chi connectivity index (χ1) is 10.3. The number of aliphatic hydroxyl groups excluding tert-OH is 2. The van der Waals surface area contributed by atoms with E-state index in [-0.39, 0.29) is 13.2 Å². The molecular formula is C16H23NO3S. The van der Waals surface area contributed by atoms with Crippen LogP contribution in [0.25, 0.3) is 0 Å². The largest absolute Gasteiger partial charge is 0.395 e. The Morgan fingerprint density at radius 2 is 2.05 bits per heavy atom. The molecule has 4 nitrogen and oxygen atoms in total. The highest BCUT2D eigenvalue weighted by Crippen LogP contribution is 2.21. The van der Waals surface area contributed by atoms with Gasteiger partial charge in [-0.05, 0) is 25.0 Å². The van der Waals surface area contributed by atoms with Crippen LogP contribution in [-0.4, -0.2) is 54.1 Å². The van der Waals surface area contributed by atoms with E-state index in [9.17, 15) is 0 Å². The molecule has 1 fully saturated rings. The molecule has 1 aliphatic rings. The molecule has 21 heavy (non-hydrogen) atoms. The van der Waals surface area contributed by atoms with Crippen molar-refractivity contribution in [2.75, 3.05) is 32.9 Å². The lowest BCUT2D eigenvalue weighted by molar-refractivity contribution is -0.00886. The third kappa shape index (κ3) is 5.77. The molecule has 0 spiro atoms. The number of aliphatic hydroxyl groups is 2. The van der Waals surface area contributed by atoms with Crippen molar-refractivity contribution in [1.29, 1.82) is 0 Å². The zero-order valence-corrected chi connectivity index (χ0v) is 13.1. The van der Waals surface area contributed by atoms with Crippen molar-refractivity contribution in [1.82, 2.24) is 4.90 Å². The summed E-state index contributed by atoms with van der Waals surface area (Å²) in [6, 6.07) is 4.20. The molecule has 0 saturated carbocycles. The topological polar surface area (TPSA) is 52.9 Å². The molecule has 0 aromatic carbocycles. The molecule has 0 atom stereocenters. The second kappa shape index (κ2) is 9.19. The van der Waals surface area contributed by atoms with E-state index in [0.717, 1.165) is 37.4 Å². The van der Waals surface area contributed by atoms with Crippen LogP contribution in [0.5, 0.6) is 0 Å². The minimum Gasteiger partial charge on any atom is -0.395 e. The Morgan fingerprint density at radius 3 is 2.76 bits per heavy atom. The lowest BCUT2D eigenvalue weighted by Gasteiger charge is -2.31. The second-order valence-corrected chi connectivity index (χ2v) is 6.28. The van der Waals surface area contributed by atoms with Crippen molar-refractivity contribution >= 4 is 11.3 Å². The van der Waals surface area contributed by atoms with Crippen molar-refractivity contribution in [2.45, 2.75) is 31.9 Å². The van der Waals surface area contributed by atoms with E-state index in [1.54, 1.807) is 11.3 Å². The zero-order valence-electron chi connectivity index (χ0n) is 12.3. The zero-order chi connectivity index (χ0) is 14.9. The van der Waals surface area contributed by atoms with Gasteiger partial charge in [0.05, 0.1) is 30.8 Å². The Balaban J connectivity index is 1.75. The van der Waals surface area contributed by atoms with Crippen LogP contribution in [0.15, 0.2) is 12.1 Å². The Kier molecular flexibility index (Phi) is 7.20. The third-order valence-electron chi connectivity index (χ3n) is 3.47. The average Bonchev–Trinajstić information content (AvgIpc) is 2.94. The van der Waals surface area contributed by atoms with Crippen LogP contribution in [-0.2, 0) is 11.3 Å². The van der Waals surface area contributed by atoms with E-state index < -0.39 is 0 Å². The van der Waals surface area contributed by atoms with Crippen molar-refractivity contribution in [3.63, 3.8) is 0 Å². The molecule has 5 heteroatoms. The first-order valence-electron chi connectivity index (χ1n) is 7.45. The fraction of sp³-hybridized carbons (Fsp3) is 0.625. The number of ether oxygens (including phenoxy) is 1. The standard InChI is InChI=1S/C16H23NO3S/c18-10-2-1-3-15-4-5-16(21-15)13-17-8-6-14(7-9-17)20-12-11-19/h4-5,14,18-19H,2,6-13H2. The maximum Gasteiger partial charge on any atom is 0.0771 e. The molecule has 0 unspecified atom stereocenters. The third-order valence-corrected chi connectivity index (χ3v) is 4.45. The monoisotopic (exact) mass is 309 g/mol. The van der Waals surface area contributed by atoms with Gasteiger partial charge in [0.2, 0.25) is 0 Å². The highest BCUT2D eigenvalue weighted by molar-refractivity contribution is 7.12. The predicted octanol–water partition coefficient (Wildman–Crippen LogP) is 1.46. The maximum atomic E-state index is 8.76. The lowest BCUT2D eigenvalue weighted by Crippen LogP contribution is -2.36. The van der Waals surface area contributed by atoms with Crippen LogP contribution in [0.3, 0.4) is 0 Å². The fourth-order valence-electron chi connectivity index (χ4n) is 2.41. The van der Waals surface area contributed by atoms with Crippen LogP contribution >= 0.6 is 11.3 Å². The van der Waals surface area contributed by atoms with E-state index in [1.165, 1.54) is 4.88 Å². The number of likely N-dealkylation sites (tertiary alicyclic amines) is 1. The molecule has 0 radical (unpaired) electrons. The first-order valence-corrected chi connectivity index (χ1v) is 8.26. The number of thiophene rings is 1. The number of nitrogens with zero attached hydrogens (tertiary/aromatic N) is 1. The van der Waals surface area contributed by atoms with Gasteiger partial charge < -0.3 is 14.9 Å². The van der Waals surface area contributed by atoms with Crippen LogP contribution < -0.4 is 0 Å². The molecule has 0 bridgehead atoms. The number of rotatable bonds is 6. The number of hydrogen-bond acceptors (Lipinski definition) is 5. The molecule has 1 aliphatic heterocycles. The molecule has 1 saturated heterocycles. The van der Waals surface area contributed by atoms with E-state index in [4.69, 9.17) is 14.9 Å². The van der Waals surface area contributed by atoms with Crippen LogP contribution in [0.1, 0.15) is 29.0 Å². The first kappa shape index (κ1) is 16.5. The van der Waals surface area contributed by atoms with Gasteiger partial charge in [-0.15, -0.1) is 11.3 Å². The van der Waals surface area contributed by atoms with E-state index in [0.29, 0.717) is 19.1 Å². The molecule has 0 aliphatic carbocycles. The Hall–Kier alpha value is -0.900. The summed E-state index contributed by atoms with van der Waals surface area (Å²) >= 11 is 1.73. The van der Waals surface area contributed by atoms with Gasteiger partial charge in [-0.25, -0.2) is 0 Å². The summed E-state index contributed by atoms with van der Waals surface area (Å²) in [6.07, 6.45) is 2.91. The Labute approximate surface area is 130 Å². The molecule has 2 rings (SSSR count). The van der Waals surface area contributed by atoms with Gasteiger partial charge in [0.1, 0.15) is 0 Å². The number of hydrogen-bond donors (Lipinski definition) is 2. The van der Waals surface area contributed by atoms with E-state index >= 15 is 0 Å². The summed E-state index contributed by atoms with van der Waals surface area (Å²) in [5, 5.41) is 17.5. The molecule has 1 aromatic heterocycles. The van der Waals surface area contributed by atoms with Gasteiger partial charge >= 0.3 is 0 Å². The molecule has 0 amide bonds. The van der Waals surface area contributed by atoms with Gasteiger partial charge in [-0.3, -0.25) is 4.90 Å². The summed E-state index contributed by atoms with van der Waals surface area (Å²) in [4.78, 5) is 4.84. The normalized spacial score (nSPS) is 16.7. The highest BCUT2D eigenvalue weighted by atomic mass is 32.1. The van der Waals surface area contributed by atoms with Crippen molar-refractivity contribution in [3.05, 3.63) is 21.9 Å². The molecule has 116 valence electrons. The Morgan fingerprint density at radius 1 is 1.24 bits per heavy atom. The molecule has 2 heterocycles. The minimum absolute atomic E-state index is 0.107. The summed E-state index contributed by atoms with van der Waals surface area (Å²) in [6.45, 7) is 3.73. The van der Waals surface area contributed by atoms with Gasteiger partial charge in [0.15, 0.2) is 0 Å². The lowest BCUT2D eigenvalue weighted by atomic mass is 10.1. The minimum atomic E-state index is 0.107. The summed E-state index contributed by atoms with van der Waals surface area (Å²) in [5.74, 6) is 6.03. The average molecular weight is 309 g/mol. The molecule has 1 aromatic rings. The SMILES string of the molecule is OCCC#Cc1ccc(CN2CCC(OCCO)CC2)s1. The predicted molar refractivity (Wildman–Crippen MR) is 84.2 cm³/mol. The van der Waals surface area contributed by atoms with Crippen molar-refractivity contribution in [2.24, 2.45) is 0 Å². The summed E-state index contributed by atoms with van der Waals surface area (Å²) in [5.41, 5.74) is 0. The molecular weight excluding hydrogens is 286 g/mol. The second-order valence-electron chi connectivity index (χ2n) is 5.11. The quantitative estimate of drug-likeness (QED) is 0.781. The van der Waals surface area contributed by atoms with E-state index in [1.807, 2.05) is 0 Å². The van der Waals surface area contributed by atoms with Crippen LogP contribution in [0.4, 0.5) is 0 Å². The van der Waals surface area contributed by atoms with Crippen LogP contribution in [0, 0.1) is 11.8 Å². The van der Waals surface area contributed by atoms with Gasteiger partial charge in [-0.1, -0.05) is 11.8 Å². The smallest absolute Gasteiger partial charge is 0.0771 e. The Bertz CT molecular complexity index is 469. The maximum absolute atomic E-state index is 8.76. The van der Waals surface area contributed by atoms with Crippen molar-refractivity contribution in [3.8, 4) is 11.8 Å². The van der Waals surface area contributed by atoms with Crippen molar-refractivity contribution < 1.29 is 14.9 Å². The fourth-order valence-corrected chi connectivity index (χ4v) is 3.33. The number of piperidine rings is 1. The van der Waals surface area contributed by atoms with Gasteiger partial charge in [0, 0.05) is 30.9 Å². The summed E-state index contributed by atoms with van der Waals surface area (Å²) < 4.78 is 5.58.